The minimum absolute atomic E-state index is 0.0928. The molecule has 0 aromatic carbocycles. The van der Waals surface area contributed by atoms with Crippen LogP contribution in [0.3, 0.4) is 0 Å². The van der Waals surface area contributed by atoms with E-state index in [0.29, 0.717) is 42.4 Å². The van der Waals surface area contributed by atoms with Crippen LogP contribution in [-0.4, -0.2) is 47.4 Å². The molecule has 51 heavy (non-hydrogen) atoms. The van der Waals surface area contributed by atoms with Gasteiger partial charge in [-0.25, -0.2) is 0 Å². The lowest BCUT2D eigenvalue weighted by molar-refractivity contribution is -0.202. The molecule has 6 heteroatoms. The SMILES string of the molecule is CCCCCCCCCCCCCCCCCCCC(=O)N[C@H]1CC[C@@]2(C)C(C1)C[C@@H](O)C1C2C[C@H](O)[C@@]2(C)C1CC[C@@H]2[C@H](C)CCC(=O)OC. The molecule has 0 aliphatic heterocycles. The Hall–Kier alpha value is -1.14. The number of ether oxygens (including phenoxy) is 1. The van der Waals surface area contributed by atoms with Crippen LogP contribution in [0.25, 0.3) is 0 Å². The van der Waals surface area contributed by atoms with Gasteiger partial charge >= 0.3 is 5.97 Å². The predicted octanol–water partition coefficient (Wildman–Crippen LogP) is 10.7. The molecular weight excluding hydrogens is 634 g/mol. The molecule has 1 amide bonds. The number of amides is 1. The van der Waals surface area contributed by atoms with Gasteiger partial charge in [0.25, 0.3) is 0 Å². The molecule has 4 aliphatic rings. The van der Waals surface area contributed by atoms with Crippen molar-refractivity contribution in [2.24, 2.45) is 46.3 Å². The number of fused-ring (bicyclic) bond motifs is 5. The van der Waals surface area contributed by atoms with Crippen molar-refractivity contribution in [1.29, 1.82) is 0 Å². The highest BCUT2D eigenvalue weighted by Crippen LogP contribution is 2.68. The normalized spacial score (nSPS) is 35.0. The first-order chi connectivity index (χ1) is 24.6. The van der Waals surface area contributed by atoms with Crippen molar-refractivity contribution >= 4 is 11.9 Å². The van der Waals surface area contributed by atoms with Crippen molar-refractivity contribution in [3.05, 3.63) is 0 Å². The van der Waals surface area contributed by atoms with Crippen LogP contribution < -0.4 is 5.32 Å². The zero-order valence-corrected chi connectivity index (χ0v) is 33.9. The first-order valence-corrected chi connectivity index (χ1v) is 22.3. The van der Waals surface area contributed by atoms with E-state index in [2.05, 4.69) is 33.0 Å². The molecule has 4 unspecified atom stereocenters. The van der Waals surface area contributed by atoms with Crippen LogP contribution >= 0.6 is 0 Å². The third-order valence-corrected chi connectivity index (χ3v) is 15.5. The second kappa shape index (κ2) is 21.1. The first kappa shape index (κ1) is 42.6. The summed E-state index contributed by atoms with van der Waals surface area (Å²) in [4.78, 5) is 24.8. The van der Waals surface area contributed by atoms with Crippen LogP contribution in [0.4, 0.5) is 0 Å². The summed E-state index contributed by atoms with van der Waals surface area (Å²) < 4.78 is 4.91. The predicted molar refractivity (Wildman–Crippen MR) is 209 cm³/mol. The van der Waals surface area contributed by atoms with E-state index in [1.54, 1.807) is 0 Å². The zero-order valence-electron chi connectivity index (χ0n) is 33.9. The molecule has 0 heterocycles. The third-order valence-electron chi connectivity index (χ3n) is 15.5. The van der Waals surface area contributed by atoms with Gasteiger partial charge in [0.05, 0.1) is 19.3 Å². The summed E-state index contributed by atoms with van der Waals surface area (Å²) in [7, 11) is 1.45. The van der Waals surface area contributed by atoms with Gasteiger partial charge in [-0.2, -0.15) is 0 Å². The maximum absolute atomic E-state index is 13.0. The molecule has 11 atom stereocenters. The lowest BCUT2D eigenvalue weighted by atomic mass is 9.43. The van der Waals surface area contributed by atoms with Crippen LogP contribution in [0.1, 0.15) is 201 Å². The van der Waals surface area contributed by atoms with E-state index in [1.165, 1.54) is 103 Å². The minimum atomic E-state index is -0.387. The van der Waals surface area contributed by atoms with Crippen LogP contribution in [0, 0.1) is 46.3 Å². The molecule has 0 aromatic heterocycles. The van der Waals surface area contributed by atoms with Crippen molar-refractivity contribution in [1.82, 2.24) is 5.32 Å². The summed E-state index contributed by atoms with van der Waals surface area (Å²) in [5.74, 6) is 1.96. The number of rotatable bonds is 23. The highest BCUT2D eigenvalue weighted by atomic mass is 16.5. The summed E-state index contributed by atoms with van der Waals surface area (Å²) >= 11 is 0. The lowest BCUT2D eigenvalue weighted by Crippen LogP contribution is -2.63. The van der Waals surface area contributed by atoms with Crippen molar-refractivity contribution in [2.45, 2.75) is 219 Å². The number of aliphatic hydroxyl groups is 2. The highest BCUT2D eigenvalue weighted by Gasteiger charge is 2.65. The molecule has 4 aliphatic carbocycles. The number of carbonyl (C=O) groups is 2. The number of nitrogens with one attached hydrogen (secondary N) is 1. The molecule has 0 spiro atoms. The molecular formula is C45H81NO5. The number of aliphatic hydroxyl groups excluding tert-OH is 2. The minimum Gasteiger partial charge on any atom is -0.469 e. The van der Waals surface area contributed by atoms with Gasteiger partial charge in [-0.15, -0.1) is 0 Å². The largest absolute Gasteiger partial charge is 0.469 e. The van der Waals surface area contributed by atoms with E-state index in [4.69, 9.17) is 4.74 Å². The molecule has 0 radical (unpaired) electrons. The Morgan fingerprint density at radius 3 is 1.88 bits per heavy atom. The maximum Gasteiger partial charge on any atom is 0.305 e. The van der Waals surface area contributed by atoms with Gasteiger partial charge in [0.2, 0.25) is 5.91 Å². The average Bonchev–Trinajstić information content (AvgIpc) is 3.47. The Bertz CT molecular complexity index is 1030. The highest BCUT2D eigenvalue weighted by molar-refractivity contribution is 5.76. The van der Waals surface area contributed by atoms with Gasteiger partial charge in [-0.05, 0) is 104 Å². The smallest absolute Gasteiger partial charge is 0.305 e. The standard InChI is InChI=1S/C45H81NO5/c1-6-7-8-9-10-11-12-13-14-15-16-17-18-19-20-21-22-23-41(49)46-35-28-29-44(3)34(30-35)31-39(47)43-37-26-25-36(33(2)24-27-42(50)51-5)45(37,4)40(48)32-38(43)44/h33-40,43,47-48H,6-32H2,1-5H3,(H,46,49)/t33-,34?,35+,36-,37?,38?,39-,40+,43?,44+,45-/m1/s1. The molecule has 3 N–H and O–H groups in total. The van der Waals surface area contributed by atoms with Crippen molar-refractivity contribution < 1.29 is 24.5 Å². The van der Waals surface area contributed by atoms with E-state index in [-0.39, 0.29) is 46.9 Å². The second-order valence-electron chi connectivity index (χ2n) is 18.6. The van der Waals surface area contributed by atoms with Crippen LogP contribution in [0.15, 0.2) is 0 Å². The zero-order chi connectivity index (χ0) is 36.9. The van der Waals surface area contributed by atoms with Gasteiger partial charge in [-0.3, -0.25) is 9.59 Å². The Labute approximate surface area is 313 Å². The summed E-state index contributed by atoms with van der Waals surface area (Å²) in [5, 5.41) is 27.1. The summed E-state index contributed by atoms with van der Waals surface area (Å²) in [6, 6.07) is 0.204. The third kappa shape index (κ3) is 11.2. The molecule has 4 fully saturated rings. The molecule has 4 rings (SSSR count). The molecule has 0 bridgehead atoms. The van der Waals surface area contributed by atoms with Gasteiger partial charge in [-0.1, -0.05) is 130 Å². The fraction of sp³-hybridized carbons (Fsp3) is 0.956. The van der Waals surface area contributed by atoms with Crippen molar-refractivity contribution in [3.63, 3.8) is 0 Å². The summed E-state index contributed by atoms with van der Waals surface area (Å²) in [5.41, 5.74) is -0.131. The average molecular weight is 716 g/mol. The summed E-state index contributed by atoms with van der Waals surface area (Å²) in [6.07, 6.45) is 30.7. The first-order valence-electron chi connectivity index (χ1n) is 22.3. The van der Waals surface area contributed by atoms with E-state index in [9.17, 15) is 19.8 Å². The molecule has 4 saturated carbocycles. The molecule has 296 valence electrons. The van der Waals surface area contributed by atoms with E-state index >= 15 is 0 Å². The van der Waals surface area contributed by atoms with Crippen LogP contribution in [0.2, 0.25) is 0 Å². The Morgan fingerprint density at radius 1 is 0.745 bits per heavy atom. The fourth-order valence-corrected chi connectivity index (χ4v) is 12.2. The number of carbonyl (C=O) groups excluding carboxylic acids is 2. The van der Waals surface area contributed by atoms with Gasteiger partial charge in [0.1, 0.15) is 0 Å². The number of unbranched alkanes of at least 4 members (excludes halogenated alkanes) is 16. The molecule has 6 nitrogen and oxygen atoms in total. The summed E-state index contributed by atoms with van der Waals surface area (Å²) in [6.45, 7) is 9.26. The van der Waals surface area contributed by atoms with Crippen molar-refractivity contribution in [2.75, 3.05) is 7.11 Å². The van der Waals surface area contributed by atoms with Gasteiger partial charge in [0.15, 0.2) is 0 Å². The molecule has 0 saturated heterocycles. The Balaban J connectivity index is 1.11. The quantitative estimate of drug-likeness (QED) is 0.0723. The maximum atomic E-state index is 13.0. The van der Waals surface area contributed by atoms with E-state index in [0.717, 1.165) is 64.2 Å². The number of methoxy groups -OCH3 is 1. The topological polar surface area (TPSA) is 95.9 Å². The number of esters is 1. The van der Waals surface area contributed by atoms with E-state index < -0.39 is 0 Å². The monoisotopic (exact) mass is 716 g/mol. The van der Waals surface area contributed by atoms with Gasteiger partial charge in [0, 0.05) is 18.9 Å². The Kier molecular flexibility index (Phi) is 17.6. The second-order valence-corrected chi connectivity index (χ2v) is 18.6. The number of hydrogen-bond acceptors (Lipinski definition) is 5. The fourth-order valence-electron chi connectivity index (χ4n) is 12.2. The molecule has 0 aromatic rings. The Morgan fingerprint density at radius 2 is 1.31 bits per heavy atom. The number of hydrogen-bond donors (Lipinski definition) is 3. The van der Waals surface area contributed by atoms with Crippen LogP contribution in [0.5, 0.6) is 0 Å². The van der Waals surface area contributed by atoms with Crippen LogP contribution in [-0.2, 0) is 14.3 Å². The van der Waals surface area contributed by atoms with E-state index in [1.807, 2.05) is 0 Å². The van der Waals surface area contributed by atoms with Gasteiger partial charge < -0.3 is 20.3 Å². The lowest BCUT2D eigenvalue weighted by Gasteiger charge is -2.63. The van der Waals surface area contributed by atoms with Crippen molar-refractivity contribution in [3.8, 4) is 0 Å².